The second-order valence-corrected chi connectivity index (χ2v) is 4.53. The number of nitrogens with one attached hydrogen (secondary N) is 1. The maximum atomic E-state index is 11.1. The monoisotopic (exact) mass is 247 g/mol. The van der Waals surface area contributed by atoms with Gasteiger partial charge in [0.2, 0.25) is 5.91 Å². The van der Waals surface area contributed by atoms with E-state index in [9.17, 15) is 4.79 Å². The van der Waals surface area contributed by atoms with Gasteiger partial charge in [-0.25, -0.2) is 0 Å². The van der Waals surface area contributed by atoms with E-state index in [2.05, 4.69) is 21.2 Å². The lowest BCUT2D eigenvalue weighted by Gasteiger charge is -2.26. The number of carbonyl (C=O) groups excluding carboxylic acids is 1. The van der Waals surface area contributed by atoms with Gasteiger partial charge in [0.1, 0.15) is 0 Å². The summed E-state index contributed by atoms with van der Waals surface area (Å²) in [7, 11) is 0. The normalized spacial score (nSPS) is 20.2. The summed E-state index contributed by atoms with van der Waals surface area (Å²) in [5.74, 6) is 0.173. The molecule has 0 radical (unpaired) electrons. The lowest BCUT2D eigenvalue weighted by Crippen LogP contribution is -2.36. The molecule has 0 atom stereocenters. The van der Waals surface area contributed by atoms with Crippen molar-refractivity contribution in [1.82, 2.24) is 5.32 Å². The number of rotatable bonds is 4. The number of hydrogen-bond acceptors (Lipinski definition) is 1. The molecule has 1 amide bonds. The summed E-state index contributed by atoms with van der Waals surface area (Å²) in [6.07, 6.45) is 5.73. The highest BCUT2D eigenvalue weighted by Crippen LogP contribution is 2.38. The van der Waals surface area contributed by atoms with Gasteiger partial charge in [-0.3, -0.25) is 4.79 Å². The largest absolute Gasteiger partial charge is 0.356 e. The van der Waals surface area contributed by atoms with Crippen molar-refractivity contribution in [3.8, 4) is 0 Å². The molecule has 0 aliphatic heterocycles. The first-order valence-corrected chi connectivity index (χ1v) is 6.17. The Balaban J connectivity index is 2.35. The van der Waals surface area contributed by atoms with E-state index in [1.165, 1.54) is 25.7 Å². The van der Waals surface area contributed by atoms with Crippen molar-refractivity contribution in [3.63, 3.8) is 0 Å². The molecule has 0 saturated heterocycles. The van der Waals surface area contributed by atoms with Crippen molar-refractivity contribution < 1.29 is 4.79 Å². The van der Waals surface area contributed by atoms with Crippen LogP contribution in [0.4, 0.5) is 0 Å². The first-order valence-electron chi connectivity index (χ1n) is 5.05. The highest BCUT2D eigenvalue weighted by Gasteiger charge is 2.32. The molecule has 0 spiro atoms. The van der Waals surface area contributed by atoms with E-state index in [0.717, 1.165) is 11.9 Å². The van der Waals surface area contributed by atoms with Crippen molar-refractivity contribution in [3.05, 3.63) is 0 Å². The maximum Gasteiger partial charge on any atom is 0.219 e. The Bertz CT molecular complexity index is 176. The van der Waals surface area contributed by atoms with Crippen molar-refractivity contribution in [2.75, 3.05) is 11.9 Å². The molecule has 13 heavy (non-hydrogen) atoms. The summed E-state index contributed by atoms with van der Waals surface area (Å²) < 4.78 is 0. The molecule has 1 aliphatic rings. The molecule has 0 aromatic heterocycles. The van der Waals surface area contributed by atoms with Gasteiger partial charge in [0.05, 0.1) is 0 Å². The average molecular weight is 248 g/mol. The molecule has 0 unspecified atom stereocenters. The third kappa shape index (κ3) is 2.97. The Morgan fingerprint density at radius 1 is 1.46 bits per heavy atom. The summed E-state index contributed by atoms with van der Waals surface area (Å²) in [5.41, 5.74) is 0.352. The van der Waals surface area contributed by atoms with Gasteiger partial charge < -0.3 is 5.32 Å². The van der Waals surface area contributed by atoms with Crippen LogP contribution in [-0.2, 0) is 4.79 Å². The predicted octanol–water partition coefficient (Wildman–Crippen LogP) is 2.47. The van der Waals surface area contributed by atoms with E-state index in [1.807, 2.05) is 6.92 Å². The van der Waals surface area contributed by atoms with Gasteiger partial charge in [0, 0.05) is 18.3 Å². The minimum absolute atomic E-state index is 0.173. The lowest BCUT2D eigenvalue weighted by atomic mass is 9.89. The number of alkyl halides is 1. The van der Waals surface area contributed by atoms with Crippen LogP contribution in [0.15, 0.2) is 0 Å². The second kappa shape index (κ2) is 4.99. The Labute approximate surface area is 88.6 Å². The highest BCUT2D eigenvalue weighted by molar-refractivity contribution is 9.09. The molecule has 0 aromatic carbocycles. The van der Waals surface area contributed by atoms with Gasteiger partial charge in [0.15, 0.2) is 0 Å². The fraction of sp³-hybridized carbons (Fsp3) is 0.900. The summed E-state index contributed by atoms with van der Waals surface area (Å²) in [4.78, 5) is 11.1. The number of hydrogen-bond donors (Lipinski definition) is 1. The summed E-state index contributed by atoms with van der Waals surface area (Å²) in [5, 5.41) is 4.01. The molecule has 1 rings (SSSR count). The fourth-order valence-corrected chi connectivity index (χ4v) is 2.65. The van der Waals surface area contributed by atoms with E-state index in [4.69, 9.17) is 0 Å². The van der Waals surface area contributed by atoms with E-state index < -0.39 is 0 Å². The summed E-state index contributed by atoms with van der Waals surface area (Å²) >= 11 is 3.55. The molecule has 0 heterocycles. The van der Waals surface area contributed by atoms with Gasteiger partial charge in [-0.2, -0.15) is 0 Å². The van der Waals surface area contributed by atoms with Crippen LogP contribution in [0.25, 0.3) is 0 Å². The van der Waals surface area contributed by atoms with Crippen molar-refractivity contribution >= 4 is 21.8 Å². The van der Waals surface area contributed by atoms with E-state index in [0.29, 0.717) is 11.8 Å². The van der Waals surface area contributed by atoms with Gasteiger partial charge in [0.25, 0.3) is 0 Å². The molecule has 2 nitrogen and oxygen atoms in total. The predicted molar refractivity (Wildman–Crippen MR) is 58.0 cm³/mol. The minimum Gasteiger partial charge on any atom is -0.356 e. The van der Waals surface area contributed by atoms with Crippen LogP contribution in [0.3, 0.4) is 0 Å². The van der Waals surface area contributed by atoms with Gasteiger partial charge in [-0.05, 0) is 18.3 Å². The van der Waals surface area contributed by atoms with Crippen molar-refractivity contribution in [2.24, 2.45) is 5.41 Å². The zero-order valence-electron chi connectivity index (χ0n) is 8.24. The van der Waals surface area contributed by atoms with E-state index in [1.54, 1.807) is 0 Å². The highest BCUT2D eigenvalue weighted by atomic mass is 79.9. The van der Waals surface area contributed by atoms with Crippen molar-refractivity contribution in [2.45, 2.75) is 39.0 Å². The first kappa shape index (κ1) is 11.0. The second-order valence-electron chi connectivity index (χ2n) is 3.97. The van der Waals surface area contributed by atoms with Gasteiger partial charge >= 0.3 is 0 Å². The third-order valence-electron chi connectivity index (χ3n) is 2.93. The molecule has 3 heteroatoms. The van der Waals surface area contributed by atoms with Crippen LogP contribution in [0.1, 0.15) is 39.0 Å². The van der Waals surface area contributed by atoms with Crippen LogP contribution >= 0.6 is 15.9 Å². The molecule has 1 N–H and O–H groups in total. The first-order chi connectivity index (χ1) is 6.22. The Hall–Kier alpha value is -0.0500. The third-order valence-corrected chi connectivity index (χ3v) is 4.12. The smallest absolute Gasteiger partial charge is 0.219 e. The zero-order chi connectivity index (χ0) is 9.73. The van der Waals surface area contributed by atoms with Crippen LogP contribution in [0.2, 0.25) is 0 Å². The Morgan fingerprint density at radius 2 is 2.08 bits per heavy atom. The van der Waals surface area contributed by atoms with Gasteiger partial charge in [-0.1, -0.05) is 35.7 Å². The van der Waals surface area contributed by atoms with E-state index in [-0.39, 0.29) is 5.91 Å². The molecular weight excluding hydrogens is 230 g/mol. The SMILES string of the molecule is CCC(=O)NCC1(CBr)CCCC1. The molecular formula is C10H18BrNO. The molecule has 1 saturated carbocycles. The zero-order valence-corrected chi connectivity index (χ0v) is 9.82. The van der Waals surface area contributed by atoms with Crippen molar-refractivity contribution in [1.29, 1.82) is 0 Å². The van der Waals surface area contributed by atoms with Crippen LogP contribution in [0, 0.1) is 5.41 Å². The standard InChI is InChI=1S/C10H18BrNO/c1-2-9(13)12-8-10(7-11)5-3-4-6-10/h2-8H2,1H3,(H,12,13). The molecule has 0 bridgehead atoms. The fourth-order valence-electron chi connectivity index (χ4n) is 1.89. The molecule has 1 aliphatic carbocycles. The van der Waals surface area contributed by atoms with Crippen LogP contribution < -0.4 is 5.32 Å². The van der Waals surface area contributed by atoms with E-state index >= 15 is 0 Å². The molecule has 76 valence electrons. The number of carbonyl (C=O) groups is 1. The lowest BCUT2D eigenvalue weighted by molar-refractivity contribution is -0.121. The average Bonchev–Trinajstić information content (AvgIpc) is 2.63. The number of halogens is 1. The molecule has 0 aromatic rings. The van der Waals surface area contributed by atoms with Gasteiger partial charge in [-0.15, -0.1) is 0 Å². The summed E-state index contributed by atoms with van der Waals surface area (Å²) in [6, 6.07) is 0. The van der Waals surface area contributed by atoms with Crippen LogP contribution in [-0.4, -0.2) is 17.8 Å². The molecule has 1 fully saturated rings. The Morgan fingerprint density at radius 3 is 2.54 bits per heavy atom. The minimum atomic E-state index is 0.173. The number of amides is 1. The maximum absolute atomic E-state index is 11.1. The Kier molecular flexibility index (Phi) is 4.23. The topological polar surface area (TPSA) is 29.1 Å². The quantitative estimate of drug-likeness (QED) is 0.761. The summed E-state index contributed by atoms with van der Waals surface area (Å²) in [6.45, 7) is 2.75. The van der Waals surface area contributed by atoms with Crippen LogP contribution in [0.5, 0.6) is 0 Å².